The minimum atomic E-state index is 0.475. The second-order valence-electron chi connectivity index (χ2n) is 5.91. The molecule has 20 heavy (non-hydrogen) atoms. The maximum absolute atomic E-state index is 5.46. The average Bonchev–Trinajstić information content (AvgIpc) is 2.87. The molecule has 0 amide bonds. The van der Waals surface area contributed by atoms with Crippen LogP contribution in [0.1, 0.15) is 89.0 Å². The van der Waals surface area contributed by atoms with Crippen molar-refractivity contribution in [2.75, 3.05) is 6.54 Å². The van der Waals surface area contributed by atoms with Crippen LogP contribution in [0.2, 0.25) is 0 Å². The molecule has 1 N–H and O–H groups in total. The first-order valence-corrected chi connectivity index (χ1v) is 8.56. The van der Waals surface area contributed by atoms with Crippen LogP contribution >= 0.6 is 0 Å². The van der Waals surface area contributed by atoms with E-state index in [1.165, 1.54) is 63.4 Å². The number of hydrogen-bond donors (Lipinski definition) is 1. The molecule has 2 nitrogen and oxygen atoms in total. The minimum Gasteiger partial charge on any atom is -0.469 e. The third-order valence-corrected chi connectivity index (χ3v) is 3.89. The highest BCUT2D eigenvalue weighted by Gasteiger charge is 2.12. The molecule has 1 atom stereocenters. The van der Waals surface area contributed by atoms with E-state index in [1.807, 2.05) is 13.2 Å². The molecule has 0 aromatic carbocycles. The predicted molar refractivity (Wildman–Crippen MR) is 87.1 cm³/mol. The van der Waals surface area contributed by atoms with Crippen molar-refractivity contribution in [3.8, 4) is 0 Å². The smallest absolute Gasteiger partial charge is 0.101 e. The second kappa shape index (κ2) is 11.0. The summed E-state index contributed by atoms with van der Waals surface area (Å²) in [5.74, 6) is 1.02. The first-order chi connectivity index (χ1) is 9.77. The molecular weight excluding hydrogens is 246 g/mol. The SMILES string of the molecule is CCCCCCCCCC(NCCC)c1coc(C)c1. The quantitative estimate of drug-likeness (QED) is 0.491. The summed E-state index contributed by atoms with van der Waals surface area (Å²) in [6, 6.07) is 2.65. The van der Waals surface area contributed by atoms with Gasteiger partial charge < -0.3 is 9.73 Å². The summed E-state index contributed by atoms with van der Waals surface area (Å²) < 4.78 is 5.46. The van der Waals surface area contributed by atoms with Crippen LogP contribution in [0, 0.1) is 6.92 Å². The number of rotatable bonds is 12. The van der Waals surface area contributed by atoms with Crippen molar-refractivity contribution in [2.45, 2.75) is 84.6 Å². The highest BCUT2D eigenvalue weighted by Crippen LogP contribution is 2.22. The van der Waals surface area contributed by atoms with Crippen LogP contribution in [0.5, 0.6) is 0 Å². The Morgan fingerprint density at radius 2 is 1.70 bits per heavy atom. The van der Waals surface area contributed by atoms with Crippen molar-refractivity contribution >= 4 is 0 Å². The maximum Gasteiger partial charge on any atom is 0.101 e. The molecule has 0 aliphatic rings. The fourth-order valence-corrected chi connectivity index (χ4v) is 2.66. The van der Waals surface area contributed by atoms with Gasteiger partial charge >= 0.3 is 0 Å². The molecule has 116 valence electrons. The molecule has 1 aromatic heterocycles. The van der Waals surface area contributed by atoms with Crippen molar-refractivity contribution in [1.82, 2.24) is 5.32 Å². The Hall–Kier alpha value is -0.760. The van der Waals surface area contributed by atoms with Gasteiger partial charge in [-0.25, -0.2) is 0 Å². The highest BCUT2D eigenvalue weighted by atomic mass is 16.3. The number of aryl methyl sites for hydroxylation is 1. The van der Waals surface area contributed by atoms with Gasteiger partial charge in [-0.3, -0.25) is 0 Å². The molecule has 1 aromatic rings. The summed E-state index contributed by atoms with van der Waals surface area (Å²) in [4.78, 5) is 0. The van der Waals surface area contributed by atoms with Crippen LogP contribution in [-0.4, -0.2) is 6.54 Å². The van der Waals surface area contributed by atoms with Gasteiger partial charge in [0, 0.05) is 11.6 Å². The van der Waals surface area contributed by atoms with Crippen molar-refractivity contribution in [2.24, 2.45) is 0 Å². The van der Waals surface area contributed by atoms with Crippen molar-refractivity contribution in [3.63, 3.8) is 0 Å². The molecule has 1 heterocycles. The third kappa shape index (κ3) is 7.14. The van der Waals surface area contributed by atoms with Gasteiger partial charge in [-0.2, -0.15) is 0 Å². The van der Waals surface area contributed by atoms with E-state index in [0.717, 1.165) is 12.3 Å². The van der Waals surface area contributed by atoms with Gasteiger partial charge in [0.15, 0.2) is 0 Å². The lowest BCUT2D eigenvalue weighted by Gasteiger charge is -2.16. The van der Waals surface area contributed by atoms with E-state index in [-0.39, 0.29) is 0 Å². The van der Waals surface area contributed by atoms with Gasteiger partial charge in [0.2, 0.25) is 0 Å². The molecule has 1 unspecified atom stereocenters. The van der Waals surface area contributed by atoms with Crippen LogP contribution in [-0.2, 0) is 0 Å². The van der Waals surface area contributed by atoms with Gasteiger partial charge in [0.05, 0.1) is 6.26 Å². The number of unbranched alkanes of at least 4 members (excludes halogenated alkanes) is 6. The Labute approximate surface area is 125 Å². The summed E-state index contributed by atoms with van der Waals surface area (Å²) in [5.41, 5.74) is 1.32. The zero-order valence-electron chi connectivity index (χ0n) is 13.7. The monoisotopic (exact) mass is 279 g/mol. The van der Waals surface area contributed by atoms with E-state index in [1.54, 1.807) is 0 Å². The molecule has 0 radical (unpaired) electrons. The molecule has 1 rings (SSSR count). The Kier molecular flexibility index (Phi) is 9.48. The largest absolute Gasteiger partial charge is 0.469 e. The standard InChI is InChI=1S/C18H33NO/c1-4-6-7-8-9-10-11-12-18(19-13-5-2)17-14-16(3)20-15-17/h14-15,18-19H,4-13H2,1-3H3. The third-order valence-electron chi connectivity index (χ3n) is 3.89. The molecule has 0 saturated carbocycles. The molecule has 0 aliphatic heterocycles. The molecule has 0 saturated heterocycles. The van der Waals surface area contributed by atoms with Crippen LogP contribution < -0.4 is 5.32 Å². The lowest BCUT2D eigenvalue weighted by atomic mass is 10.0. The molecule has 0 aliphatic carbocycles. The first-order valence-electron chi connectivity index (χ1n) is 8.56. The van der Waals surface area contributed by atoms with Crippen LogP contribution in [0.3, 0.4) is 0 Å². The highest BCUT2D eigenvalue weighted by molar-refractivity contribution is 5.16. The van der Waals surface area contributed by atoms with Crippen molar-refractivity contribution in [3.05, 3.63) is 23.7 Å². The van der Waals surface area contributed by atoms with E-state index >= 15 is 0 Å². The second-order valence-corrected chi connectivity index (χ2v) is 5.91. The van der Waals surface area contributed by atoms with Gasteiger partial charge in [0.25, 0.3) is 0 Å². The lowest BCUT2D eigenvalue weighted by Crippen LogP contribution is -2.21. The molecule has 0 fully saturated rings. The van der Waals surface area contributed by atoms with Crippen molar-refractivity contribution < 1.29 is 4.42 Å². The number of nitrogens with one attached hydrogen (secondary N) is 1. The summed E-state index contributed by atoms with van der Waals surface area (Å²) in [7, 11) is 0. The van der Waals surface area contributed by atoms with E-state index in [0.29, 0.717) is 6.04 Å². The van der Waals surface area contributed by atoms with E-state index < -0.39 is 0 Å². The van der Waals surface area contributed by atoms with E-state index in [2.05, 4.69) is 25.2 Å². The van der Waals surface area contributed by atoms with Crippen LogP contribution in [0.15, 0.2) is 16.7 Å². The Morgan fingerprint density at radius 3 is 2.30 bits per heavy atom. The topological polar surface area (TPSA) is 25.2 Å². The average molecular weight is 279 g/mol. The van der Waals surface area contributed by atoms with Crippen LogP contribution in [0.25, 0.3) is 0 Å². The summed E-state index contributed by atoms with van der Waals surface area (Å²) in [5, 5.41) is 3.65. The summed E-state index contributed by atoms with van der Waals surface area (Å²) in [6.07, 6.45) is 14.0. The first kappa shape index (κ1) is 17.3. The van der Waals surface area contributed by atoms with E-state index in [9.17, 15) is 0 Å². The molecular formula is C18H33NO. The Morgan fingerprint density at radius 1 is 1.00 bits per heavy atom. The number of hydrogen-bond acceptors (Lipinski definition) is 2. The lowest BCUT2D eigenvalue weighted by molar-refractivity contribution is 0.458. The molecule has 0 bridgehead atoms. The fraction of sp³-hybridized carbons (Fsp3) is 0.778. The van der Waals surface area contributed by atoms with Gasteiger partial charge in [-0.15, -0.1) is 0 Å². The van der Waals surface area contributed by atoms with Crippen LogP contribution in [0.4, 0.5) is 0 Å². The molecule has 2 heteroatoms. The fourth-order valence-electron chi connectivity index (χ4n) is 2.66. The normalized spacial score (nSPS) is 12.8. The minimum absolute atomic E-state index is 0.475. The van der Waals surface area contributed by atoms with E-state index in [4.69, 9.17) is 4.42 Å². The number of furan rings is 1. The van der Waals surface area contributed by atoms with Crippen molar-refractivity contribution in [1.29, 1.82) is 0 Å². The van der Waals surface area contributed by atoms with Gasteiger partial charge in [-0.05, 0) is 32.4 Å². The Bertz CT molecular complexity index is 332. The summed E-state index contributed by atoms with van der Waals surface area (Å²) in [6.45, 7) is 7.61. The Balaban J connectivity index is 2.23. The maximum atomic E-state index is 5.46. The summed E-state index contributed by atoms with van der Waals surface area (Å²) >= 11 is 0. The molecule has 0 spiro atoms. The van der Waals surface area contributed by atoms with Gasteiger partial charge in [-0.1, -0.05) is 58.8 Å². The predicted octanol–water partition coefficient (Wildman–Crippen LogP) is 5.77. The zero-order valence-corrected chi connectivity index (χ0v) is 13.7. The van der Waals surface area contributed by atoms with Gasteiger partial charge in [0.1, 0.15) is 5.76 Å². The zero-order chi connectivity index (χ0) is 14.6.